The summed E-state index contributed by atoms with van der Waals surface area (Å²) in [6.45, 7) is 0. The second-order valence-corrected chi connectivity index (χ2v) is 5.37. The van der Waals surface area contributed by atoms with Gasteiger partial charge in [0, 0.05) is 11.4 Å². The van der Waals surface area contributed by atoms with Crippen molar-refractivity contribution in [1.29, 1.82) is 0 Å². The van der Waals surface area contributed by atoms with Crippen LogP contribution in [0, 0.1) is 0 Å². The molecule has 2 aromatic carbocycles. The van der Waals surface area contributed by atoms with Crippen molar-refractivity contribution in [3.8, 4) is 5.69 Å². The minimum atomic E-state index is -0.874. The summed E-state index contributed by atoms with van der Waals surface area (Å²) < 4.78 is 3.18. The van der Waals surface area contributed by atoms with Crippen LogP contribution in [0.25, 0.3) is 16.6 Å². The molecular formula is C15H11ClN2O2. The lowest BCUT2D eigenvalue weighted by molar-refractivity contribution is 0.0749. The number of para-hydroxylation sites is 1. The third-order valence-electron chi connectivity index (χ3n) is 3.74. The summed E-state index contributed by atoms with van der Waals surface area (Å²) in [5.74, 6) is 0. The van der Waals surface area contributed by atoms with Crippen LogP contribution in [-0.2, 0) is 6.42 Å². The minimum Gasteiger partial charge on any atom is -0.371 e. The predicted octanol–water partition coefficient (Wildman–Crippen LogP) is 2.49. The molecule has 0 bridgehead atoms. The second-order valence-electron chi connectivity index (χ2n) is 4.94. The van der Waals surface area contributed by atoms with E-state index in [2.05, 4.69) is 0 Å². The molecule has 2 heterocycles. The van der Waals surface area contributed by atoms with Gasteiger partial charge in [-0.3, -0.25) is 4.79 Å². The Morgan fingerprint density at radius 1 is 1.20 bits per heavy atom. The maximum absolute atomic E-state index is 12.4. The summed E-state index contributed by atoms with van der Waals surface area (Å²) in [6.07, 6.45) is -0.493. The molecule has 1 atom stereocenters. The summed E-state index contributed by atoms with van der Waals surface area (Å²) in [6, 6.07) is 12.9. The summed E-state index contributed by atoms with van der Waals surface area (Å²) in [5, 5.41) is 11.5. The molecule has 3 aromatic rings. The molecule has 1 aliphatic rings. The molecule has 0 fully saturated rings. The summed E-state index contributed by atoms with van der Waals surface area (Å²) in [4.78, 5) is 12.4. The van der Waals surface area contributed by atoms with Gasteiger partial charge >= 0.3 is 0 Å². The Morgan fingerprint density at radius 2 is 2.00 bits per heavy atom. The van der Waals surface area contributed by atoms with E-state index in [1.807, 2.05) is 30.3 Å². The predicted molar refractivity (Wildman–Crippen MR) is 77.5 cm³/mol. The van der Waals surface area contributed by atoms with Gasteiger partial charge in [0.15, 0.2) is 6.23 Å². The number of rotatable bonds is 0. The Bertz CT molecular complexity index is 895. The fourth-order valence-corrected chi connectivity index (χ4v) is 3.09. The van der Waals surface area contributed by atoms with E-state index < -0.39 is 6.23 Å². The highest BCUT2D eigenvalue weighted by molar-refractivity contribution is 6.30. The van der Waals surface area contributed by atoms with E-state index in [0.29, 0.717) is 16.8 Å². The van der Waals surface area contributed by atoms with E-state index in [0.717, 1.165) is 16.8 Å². The molecule has 100 valence electrons. The number of aliphatic hydroxyl groups is 1. The van der Waals surface area contributed by atoms with E-state index in [9.17, 15) is 9.90 Å². The summed E-state index contributed by atoms with van der Waals surface area (Å²) in [7, 11) is 0. The minimum absolute atomic E-state index is 0.172. The number of nitrogens with zero attached hydrogens (tertiary/aromatic N) is 2. The first kappa shape index (κ1) is 11.8. The van der Waals surface area contributed by atoms with Crippen molar-refractivity contribution in [1.82, 2.24) is 9.36 Å². The van der Waals surface area contributed by atoms with E-state index in [-0.39, 0.29) is 5.56 Å². The zero-order chi connectivity index (χ0) is 13.9. The Balaban J connectivity index is 2.19. The van der Waals surface area contributed by atoms with Gasteiger partial charge in [-0.15, -0.1) is 0 Å². The van der Waals surface area contributed by atoms with Crippen LogP contribution >= 0.6 is 11.6 Å². The molecule has 1 unspecified atom stereocenters. The molecule has 0 amide bonds. The van der Waals surface area contributed by atoms with Gasteiger partial charge in [-0.2, -0.15) is 0 Å². The van der Waals surface area contributed by atoms with E-state index >= 15 is 0 Å². The van der Waals surface area contributed by atoms with Crippen LogP contribution < -0.4 is 5.56 Å². The number of aromatic nitrogens is 2. The molecule has 4 nitrogen and oxygen atoms in total. The molecule has 1 aliphatic heterocycles. The summed E-state index contributed by atoms with van der Waals surface area (Å²) in [5.41, 5.74) is 2.44. The van der Waals surface area contributed by atoms with Crippen LogP contribution in [0.3, 0.4) is 0 Å². The zero-order valence-electron chi connectivity index (χ0n) is 10.5. The topological polar surface area (TPSA) is 47.2 Å². The van der Waals surface area contributed by atoms with Crippen molar-refractivity contribution in [2.45, 2.75) is 12.6 Å². The van der Waals surface area contributed by atoms with Crippen LogP contribution in [0.5, 0.6) is 0 Å². The highest BCUT2D eigenvalue weighted by atomic mass is 35.5. The molecule has 1 aromatic heterocycles. The van der Waals surface area contributed by atoms with Gasteiger partial charge in [0.2, 0.25) is 0 Å². The van der Waals surface area contributed by atoms with Gasteiger partial charge in [0.1, 0.15) is 0 Å². The average Bonchev–Trinajstić information content (AvgIpc) is 2.74. The number of aliphatic hydroxyl groups excluding tert-OH is 1. The first-order valence-corrected chi connectivity index (χ1v) is 6.74. The molecule has 20 heavy (non-hydrogen) atoms. The molecule has 0 saturated carbocycles. The number of benzene rings is 2. The molecule has 5 heteroatoms. The molecule has 4 rings (SSSR count). The van der Waals surface area contributed by atoms with Crippen molar-refractivity contribution in [3.63, 3.8) is 0 Å². The Kier molecular flexibility index (Phi) is 2.34. The van der Waals surface area contributed by atoms with Crippen molar-refractivity contribution in [2.24, 2.45) is 0 Å². The van der Waals surface area contributed by atoms with Crippen molar-refractivity contribution in [2.75, 3.05) is 0 Å². The first-order chi connectivity index (χ1) is 9.66. The number of hydrogen-bond acceptors (Lipinski definition) is 2. The SMILES string of the molecule is O=c1c2ccccc2n2n1C(O)Cc1cc(Cl)ccc1-2. The van der Waals surface area contributed by atoms with Gasteiger partial charge in [0.05, 0.1) is 16.6 Å². The molecule has 0 aliphatic carbocycles. The van der Waals surface area contributed by atoms with Crippen LogP contribution in [-0.4, -0.2) is 14.5 Å². The monoisotopic (exact) mass is 286 g/mol. The van der Waals surface area contributed by atoms with Gasteiger partial charge < -0.3 is 5.11 Å². The van der Waals surface area contributed by atoms with Gasteiger partial charge in [0.25, 0.3) is 5.56 Å². The van der Waals surface area contributed by atoms with Crippen LogP contribution in [0.2, 0.25) is 5.02 Å². The lowest BCUT2D eigenvalue weighted by Gasteiger charge is -2.26. The lowest BCUT2D eigenvalue weighted by atomic mass is 10.1. The van der Waals surface area contributed by atoms with Crippen LogP contribution in [0.1, 0.15) is 11.8 Å². The Morgan fingerprint density at radius 3 is 2.85 bits per heavy atom. The maximum Gasteiger partial charge on any atom is 0.277 e. The third kappa shape index (κ3) is 1.43. The Hall–Kier alpha value is -2.04. The van der Waals surface area contributed by atoms with Gasteiger partial charge in [-0.05, 0) is 35.9 Å². The standard InChI is InChI=1S/C15H11ClN2O2/c16-10-5-6-12-9(7-10)8-14(19)18-15(20)11-3-1-2-4-13(11)17(12)18/h1-7,14,19H,8H2. The van der Waals surface area contributed by atoms with E-state index in [1.54, 1.807) is 16.8 Å². The highest BCUT2D eigenvalue weighted by Gasteiger charge is 2.26. The van der Waals surface area contributed by atoms with Gasteiger partial charge in [-0.25, -0.2) is 9.36 Å². The quantitative estimate of drug-likeness (QED) is 0.690. The number of fused-ring (bicyclic) bond motifs is 5. The van der Waals surface area contributed by atoms with E-state index in [1.165, 1.54) is 4.68 Å². The highest BCUT2D eigenvalue weighted by Crippen LogP contribution is 2.30. The largest absolute Gasteiger partial charge is 0.371 e. The molecule has 0 radical (unpaired) electrons. The normalized spacial score (nSPS) is 17.0. The van der Waals surface area contributed by atoms with Crippen molar-refractivity contribution < 1.29 is 5.11 Å². The second kappa shape index (κ2) is 3.98. The number of hydrogen-bond donors (Lipinski definition) is 1. The molecule has 0 saturated heterocycles. The van der Waals surface area contributed by atoms with Crippen LogP contribution in [0.4, 0.5) is 0 Å². The third-order valence-corrected chi connectivity index (χ3v) is 3.98. The van der Waals surface area contributed by atoms with Gasteiger partial charge in [-0.1, -0.05) is 23.7 Å². The molecule has 1 N–H and O–H groups in total. The number of halogens is 1. The van der Waals surface area contributed by atoms with Crippen LogP contribution in [0.15, 0.2) is 47.3 Å². The fourth-order valence-electron chi connectivity index (χ4n) is 2.89. The average molecular weight is 287 g/mol. The smallest absolute Gasteiger partial charge is 0.277 e. The van der Waals surface area contributed by atoms with E-state index in [4.69, 9.17) is 11.6 Å². The van der Waals surface area contributed by atoms with Crippen molar-refractivity contribution >= 4 is 22.5 Å². The van der Waals surface area contributed by atoms with Crippen molar-refractivity contribution in [3.05, 3.63) is 63.4 Å². The fraction of sp³-hybridized carbons (Fsp3) is 0.133. The maximum atomic E-state index is 12.4. The molecular weight excluding hydrogens is 276 g/mol. The zero-order valence-corrected chi connectivity index (χ0v) is 11.2. The first-order valence-electron chi connectivity index (χ1n) is 6.36. The lowest BCUT2D eigenvalue weighted by Crippen LogP contribution is -2.32. The Labute approximate surface area is 119 Å². The molecule has 0 spiro atoms. The summed E-state index contributed by atoms with van der Waals surface area (Å²) >= 11 is 6.02.